The molecular formula is C16H18ClN5O. The molecule has 0 radical (unpaired) electrons. The summed E-state index contributed by atoms with van der Waals surface area (Å²) >= 11 is 5.86. The van der Waals surface area contributed by atoms with Crippen LogP contribution in [0.15, 0.2) is 30.6 Å². The SMILES string of the molecule is O=C(Nc1ccc(Cl)cc1)N1CCC(n2cnnc2C2CC2)C1. The zero-order chi connectivity index (χ0) is 15.8. The van der Waals surface area contributed by atoms with E-state index in [4.69, 9.17) is 11.6 Å². The Balaban J connectivity index is 1.40. The van der Waals surface area contributed by atoms with Gasteiger partial charge in [0.1, 0.15) is 12.2 Å². The van der Waals surface area contributed by atoms with Crippen molar-refractivity contribution in [2.75, 3.05) is 18.4 Å². The van der Waals surface area contributed by atoms with E-state index in [0.717, 1.165) is 24.5 Å². The van der Waals surface area contributed by atoms with Gasteiger partial charge in [0.25, 0.3) is 0 Å². The van der Waals surface area contributed by atoms with E-state index in [2.05, 4.69) is 20.1 Å². The first kappa shape index (κ1) is 14.5. The molecule has 0 spiro atoms. The predicted octanol–water partition coefficient (Wildman–Crippen LogP) is 3.29. The fourth-order valence-electron chi connectivity index (χ4n) is 3.06. The molecule has 2 fully saturated rings. The van der Waals surface area contributed by atoms with Gasteiger partial charge in [0.05, 0.1) is 6.04 Å². The number of nitrogens with zero attached hydrogens (tertiary/aromatic N) is 4. The molecule has 1 unspecified atom stereocenters. The minimum atomic E-state index is -0.0733. The maximum atomic E-state index is 12.4. The van der Waals surface area contributed by atoms with E-state index in [-0.39, 0.29) is 12.1 Å². The molecule has 2 aromatic rings. The van der Waals surface area contributed by atoms with Gasteiger partial charge < -0.3 is 14.8 Å². The van der Waals surface area contributed by atoms with Crippen LogP contribution in [0.3, 0.4) is 0 Å². The van der Waals surface area contributed by atoms with Crippen LogP contribution in [0.4, 0.5) is 10.5 Å². The summed E-state index contributed by atoms with van der Waals surface area (Å²) in [6, 6.07) is 7.34. The monoisotopic (exact) mass is 331 g/mol. The number of urea groups is 1. The summed E-state index contributed by atoms with van der Waals surface area (Å²) in [6.07, 6.45) is 5.14. The Morgan fingerprint density at radius 2 is 2.00 bits per heavy atom. The summed E-state index contributed by atoms with van der Waals surface area (Å²) in [7, 11) is 0. The first-order valence-electron chi connectivity index (χ1n) is 7.91. The Morgan fingerprint density at radius 1 is 1.22 bits per heavy atom. The van der Waals surface area contributed by atoms with E-state index in [1.165, 1.54) is 12.8 Å². The number of carbonyl (C=O) groups is 1. The van der Waals surface area contributed by atoms with E-state index in [1.807, 2.05) is 4.90 Å². The van der Waals surface area contributed by atoms with Crippen molar-refractivity contribution in [3.63, 3.8) is 0 Å². The first-order chi connectivity index (χ1) is 11.2. The quantitative estimate of drug-likeness (QED) is 0.938. The van der Waals surface area contributed by atoms with Crippen LogP contribution in [0.25, 0.3) is 0 Å². The van der Waals surface area contributed by atoms with Crippen LogP contribution in [0, 0.1) is 0 Å². The lowest BCUT2D eigenvalue weighted by Crippen LogP contribution is -2.33. The average molecular weight is 332 g/mol. The smallest absolute Gasteiger partial charge is 0.321 e. The number of likely N-dealkylation sites (tertiary alicyclic amines) is 1. The molecule has 1 aromatic carbocycles. The van der Waals surface area contributed by atoms with Crippen molar-refractivity contribution in [2.45, 2.75) is 31.2 Å². The Bertz CT molecular complexity index is 710. The molecule has 1 atom stereocenters. The molecular weight excluding hydrogens is 314 g/mol. The summed E-state index contributed by atoms with van der Waals surface area (Å²) in [5.41, 5.74) is 0.755. The van der Waals surface area contributed by atoms with Crippen molar-refractivity contribution in [3.8, 4) is 0 Å². The van der Waals surface area contributed by atoms with Gasteiger partial charge in [-0.15, -0.1) is 10.2 Å². The van der Waals surface area contributed by atoms with Crippen LogP contribution in [-0.4, -0.2) is 38.8 Å². The lowest BCUT2D eigenvalue weighted by Gasteiger charge is -2.18. The third kappa shape index (κ3) is 3.03. The van der Waals surface area contributed by atoms with Crippen molar-refractivity contribution < 1.29 is 4.79 Å². The largest absolute Gasteiger partial charge is 0.322 e. The maximum Gasteiger partial charge on any atom is 0.321 e. The highest BCUT2D eigenvalue weighted by Gasteiger charge is 2.34. The fraction of sp³-hybridized carbons (Fsp3) is 0.438. The summed E-state index contributed by atoms with van der Waals surface area (Å²) in [4.78, 5) is 14.2. The van der Waals surface area contributed by atoms with Crippen LogP contribution < -0.4 is 5.32 Å². The molecule has 4 rings (SSSR count). The zero-order valence-electron chi connectivity index (χ0n) is 12.7. The number of halogens is 1. The highest BCUT2D eigenvalue weighted by Crippen LogP contribution is 2.40. The minimum Gasteiger partial charge on any atom is -0.322 e. The Morgan fingerprint density at radius 3 is 2.74 bits per heavy atom. The molecule has 1 aromatic heterocycles. The van der Waals surface area contributed by atoms with Crippen LogP contribution in [-0.2, 0) is 0 Å². The van der Waals surface area contributed by atoms with Crippen LogP contribution >= 0.6 is 11.6 Å². The van der Waals surface area contributed by atoms with Crippen molar-refractivity contribution in [2.24, 2.45) is 0 Å². The molecule has 1 aliphatic carbocycles. The summed E-state index contributed by atoms with van der Waals surface area (Å²) < 4.78 is 2.16. The second-order valence-electron chi connectivity index (χ2n) is 6.20. The standard InChI is InChI=1S/C16H18ClN5O/c17-12-3-5-13(6-4-12)19-16(23)21-8-7-14(9-21)22-10-18-20-15(22)11-1-2-11/h3-6,10-11,14H,1-2,7-9H2,(H,19,23). The van der Waals surface area contributed by atoms with E-state index in [1.54, 1.807) is 30.6 Å². The number of hydrogen-bond acceptors (Lipinski definition) is 3. The number of hydrogen-bond donors (Lipinski definition) is 1. The van der Waals surface area contributed by atoms with Crippen molar-refractivity contribution in [3.05, 3.63) is 41.4 Å². The second kappa shape index (κ2) is 5.85. The Hall–Kier alpha value is -2.08. The minimum absolute atomic E-state index is 0.0733. The van der Waals surface area contributed by atoms with Crippen LogP contribution in [0.2, 0.25) is 5.02 Å². The van der Waals surface area contributed by atoms with Gasteiger partial charge in [-0.25, -0.2) is 4.79 Å². The maximum absolute atomic E-state index is 12.4. The highest BCUT2D eigenvalue weighted by atomic mass is 35.5. The van der Waals surface area contributed by atoms with Crippen molar-refractivity contribution in [1.82, 2.24) is 19.7 Å². The molecule has 23 heavy (non-hydrogen) atoms. The summed E-state index contributed by atoms with van der Waals surface area (Å²) in [6.45, 7) is 1.43. The van der Waals surface area contributed by atoms with E-state index in [9.17, 15) is 4.79 Å². The average Bonchev–Trinajstić information content (AvgIpc) is 3.09. The van der Waals surface area contributed by atoms with E-state index in [0.29, 0.717) is 17.5 Å². The third-order valence-corrected chi connectivity index (χ3v) is 4.73. The van der Waals surface area contributed by atoms with Gasteiger partial charge >= 0.3 is 6.03 Å². The molecule has 2 heterocycles. The van der Waals surface area contributed by atoms with E-state index < -0.39 is 0 Å². The molecule has 2 amide bonds. The number of carbonyl (C=O) groups excluding carboxylic acids is 1. The van der Waals surface area contributed by atoms with Crippen molar-refractivity contribution in [1.29, 1.82) is 0 Å². The second-order valence-corrected chi connectivity index (χ2v) is 6.63. The Kier molecular flexibility index (Phi) is 3.69. The van der Waals surface area contributed by atoms with Gasteiger partial charge in [0.2, 0.25) is 0 Å². The topological polar surface area (TPSA) is 63.1 Å². The predicted molar refractivity (Wildman–Crippen MR) is 87.7 cm³/mol. The summed E-state index contributed by atoms with van der Waals surface area (Å²) in [5.74, 6) is 1.64. The lowest BCUT2D eigenvalue weighted by atomic mass is 10.2. The lowest BCUT2D eigenvalue weighted by molar-refractivity contribution is 0.221. The fourth-order valence-corrected chi connectivity index (χ4v) is 3.18. The van der Waals surface area contributed by atoms with Crippen molar-refractivity contribution >= 4 is 23.3 Å². The molecule has 6 nitrogen and oxygen atoms in total. The van der Waals surface area contributed by atoms with Crippen LogP contribution in [0.5, 0.6) is 0 Å². The molecule has 1 N–H and O–H groups in total. The van der Waals surface area contributed by atoms with Gasteiger partial charge in [-0.05, 0) is 43.5 Å². The number of benzene rings is 1. The number of aromatic nitrogens is 3. The number of rotatable bonds is 3. The van der Waals surface area contributed by atoms with Gasteiger partial charge in [0.15, 0.2) is 0 Å². The van der Waals surface area contributed by atoms with Gasteiger partial charge in [-0.3, -0.25) is 0 Å². The van der Waals surface area contributed by atoms with Gasteiger partial charge in [-0.1, -0.05) is 11.6 Å². The number of anilines is 1. The molecule has 1 saturated heterocycles. The summed E-state index contributed by atoms with van der Waals surface area (Å²) in [5, 5.41) is 11.9. The zero-order valence-corrected chi connectivity index (χ0v) is 13.4. The molecule has 2 aliphatic rings. The Labute approximate surface area is 139 Å². The van der Waals surface area contributed by atoms with Gasteiger partial charge in [0, 0.05) is 29.7 Å². The molecule has 7 heteroatoms. The molecule has 1 aliphatic heterocycles. The third-order valence-electron chi connectivity index (χ3n) is 4.48. The molecule has 0 bridgehead atoms. The van der Waals surface area contributed by atoms with Crippen LogP contribution in [0.1, 0.15) is 37.0 Å². The number of amides is 2. The molecule has 1 saturated carbocycles. The first-order valence-corrected chi connectivity index (χ1v) is 8.29. The highest BCUT2D eigenvalue weighted by molar-refractivity contribution is 6.30. The molecule has 120 valence electrons. The number of nitrogens with one attached hydrogen (secondary N) is 1. The van der Waals surface area contributed by atoms with E-state index >= 15 is 0 Å². The van der Waals surface area contributed by atoms with Gasteiger partial charge in [-0.2, -0.15) is 0 Å². The normalized spacial score (nSPS) is 20.7.